The van der Waals surface area contributed by atoms with Gasteiger partial charge in [-0.05, 0) is 50.6 Å². The molecule has 4 heterocycles. The van der Waals surface area contributed by atoms with Crippen molar-refractivity contribution in [1.82, 2.24) is 14.3 Å². The van der Waals surface area contributed by atoms with E-state index in [1.807, 2.05) is 42.7 Å². The molecule has 0 atom stereocenters. The lowest BCUT2D eigenvalue weighted by Crippen LogP contribution is -2.47. The number of nitrogens with zero attached hydrogens (tertiary/aromatic N) is 5. The van der Waals surface area contributed by atoms with Crippen molar-refractivity contribution in [3.05, 3.63) is 74.8 Å². The van der Waals surface area contributed by atoms with Crippen molar-refractivity contribution in [3.63, 3.8) is 0 Å². The first-order chi connectivity index (χ1) is 17.3. The van der Waals surface area contributed by atoms with Crippen molar-refractivity contribution in [1.29, 1.82) is 0 Å². The number of para-hydroxylation sites is 1. The first kappa shape index (κ1) is 24.5. The van der Waals surface area contributed by atoms with E-state index in [1.54, 1.807) is 35.4 Å². The van der Waals surface area contributed by atoms with Crippen molar-refractivity contribution in [2.24, 2.45) is 0 Å². The molecule has 2 aliphatic rings. The fourth-order valence-corrected chi connectivity index (χ4v) is 6.10. The Morgan fingerprint density at radius 3 is 2.42 bits per heavy atom. The molecule has 0 unspecified atom stereocenters. The molecule has 2 aliphatic heterocycles. The van der Waals surface area contributed by atoms with Crippen LogP contribution in [0.4, 0.5) is 15.9 Å². The monoisotopic (exact) mass is 523 g/mol. The third kappa shape index (κ3) is 4.28. The number of pyridine rings is 1. The first-order valence-corrected chi connectivity index (χ1v) is 13.0. The maximum atomic E-state index is 14.3. The second-order valence-corrected chi connectivity index (χ2v) is 10.8. The highest BCUT2D eigenvalue weighted by Gasteiger charge is 2.34. The summed E-state index contributed by atoms with van der Waals surface area (Å²) in [6, 6.07) is 10.4. The van der Waals surface area contributed by atoms with E-state index in [9.17, 15) is 14.0 Å². The highest BCUT2D eigenvalue weighted by Crippen LogP contribution is 2.35. The molecule has 7 nitrogen and oxygen atoms in total. The molecule has 186 valence electrons. The summed E-state index contributed by atoms with van der Waals surface area (Å²) in [5.41, 5.74) is 2.11. The van der Waals surface area contributed by atoms with Crippen LogP contribution in [0.25, 0.3) is 11.7 Å². The Morgan fingerprint density at radius 1 is 1.06 bits per heavy atom. The molecule has 0 spiro atoms. The summed E-state index contributed by atoms with van der Waals surface area (Å²) in [5.74, 6) is 0.0675. The van der Waals surface area contributed by atoms with Crippen LogP contribution in [-0.4, -0.2) is 56.7 Å². The average molecular weight is 524 g/mol. The summed E-state index contributed by atoms with van der Waals surface area (Å²) in [6.45, 7) is 7.98. The minimum atomic E-state index is -0.253. The lowest BCUT2D eigenvalue weighted by atomic mass is 10.2. The molecular formula is C26H26FN5O2S2. The number of piperazine rings is 1. The molecule has 1 aromatic carbocycles. The van der Waals surface area contributed by atoms with Gasteiger partial charge in [0.25, 0.3) is 11.5 Å². The Hall–Kier alpha value is -3.24. The molecule has 0 bridgehead atoms. The number of rotatable bonds is 4. The number of fused-ring (bicyclic) bond motifs is 1. The zero-order valence-electron chi connectivity index (χ0n) is 20.3. The lowest BCUT2D eigenvalue weighted by Gasteiger charge is -2.37. The summed E-state index contributed by atoms with van der Waals surface area (Å²) >= 11 is 6.63. The summed E-state index contributed by atoms with van der Waals surface area (Å²) in [4.78, 5) is 37.7. The van der Waals surface area contributed by atoms with Gasteiger partial charge in [0.15, 0.2) is 0 Å². The lowest BCUT2D eigenvalue weighted by molar-refractivity contribution is -0.123. The molecule has 1 amide bonds. The van der Waals surface area contributed by atoms with Gasteiger partial charge in [0.2, 0.25) is 0 Å². The smallest absolute Gasteiger partial charge is 0.267 e. The predicted octanol–water partition coefficient (Wildman–Crippen LogP) is 4.08. The molecule has 0 saturated carbocycles. The van der Waals surface area contributed by atoms with Gasteiger partial charge in [-0.2, -0.15) is 0 Å². The van der Waals surface area contributed by atoms with Crippen molar-refractivity contribution < 1.29 is 9.18 Å². The number of thioether (sulfide) groups is 1. The Bertz CT molecular complexity index is 1460. The second kappa shape index (κ2) is 9.67. The average Bonchev–Trinajstić information content (AvgIpc) is 3.14. The number of benzene rings is 1. The van der Waals surface area contributed by atoms with E-state index >= 15 is 0 Å². The topological polar surface area (TPSA) is 61.2 Å². The fourth-order valence-electron chi connectivity index (χ4n) is 4.59. The number of hydrogen-bond donors (Lipinski definition) is 0. The van der Waals surface area contributed by atoms with Crippen LogP contribution in [-0.2, 0) is 4.79 Å². The van der Waals surface area contributed by atoms with Crippen molar-refractivity contribution in [3.8, 4) is 0 Å². The molecule has 2 saturated heterocycles. The first-order valence-electron chi connectivity index (χ1n) is 11.8. The largest absolute Gasteiger partial charge is 0.366 e. The van der Waals surface area contributed by atoms with Gasteiger partial charge in [-0.15, -0.1) is 0 Å². The zero-order valence-corrected chi connectivity index (χ0v) is 21.9. The SMILES string of the molecule is Cc1cccn2c(=O)c(/C=C3\SC(=S)N(C(C)C)C3=O)c(N3CCN(c4ccccc4F)CC3)nc12. The van der Waals surface area contributed by atoms with Gasteiger partial charge in [0.05, 0.1) is 16.2 Å². The van der Waals surface area contributed by atoms with E-state index in [2.05, 4.69) is 0 Å². The third-order valence-electron chi connectivity index (χ3n) is 6.45. The highest BCUT2D eigenvalue weighted by atomic mass is 32.2. The molecule has 5 rings (SSSR count). The number of anilines is 2. The van der Waals surface area contributed by atoms with Crippen LogP contribution in [0.15, 0.2) is 52.3 Å². The van der Waals surface area contributed by atoms with Gasteiger partial charge >= 0.3 is 0 Å². The molecule has 0 N–H and O–H groups in total. The Balaban J connectivity index is 1.56. The van der Waals surface area contributed by atoms with Gasteiger partial charge in [-0.25, -0.2) is 9.37 Å². The van der Waals surface area contributed by atoms with Gasteiger partial charge in [-0.1, -0.05) is 42.2 Å². The molecule has 36 heavy (non-hydrogen) atoms. The maximum absolute atomic E-state index is 14.3. The molecule has 10 heteroatoms. The summed E-state index contributed by atoms with van der Waals surface area (Å²) in [5, 5.41) is 0. The number of amides is 1. The minimum Gasteiger partial charge on any atom is -0.366 e. The number of hydrogen-bond acceptors (Lipinski definition) is 7. The number of aromatic nitrogens is 2. The summed E-state index contributed by atoms with van der Waals surface area (Å²) in [7, 11) is 0. The standard InChI is InChI=1S/C26H26FN5O2S2/c1-16(2)32-25(34)21(36-26(32)35)15-18-23(28-22-17(3)7-6-10-31(22)24(18)33)30-13-11-29(12-14-30)20-9-5-4-8-19(20)27/h4-10,15-16H,11-14H2,1-3H3/b21-15-. The normalized spacial score (nSPS) is 17.8. The number of thiocarbonyl (C=S) groups is 1. The number of carbonyl (C=O) groups is 1. The Morgan fingerprint density at radius 2 is 1.75 bits per heavy atom. The molecular weight excluding hydrogens is 497 g/mol. The molecule has 3 aromatic rings. The van der Waals surface area contributed by atoms with E-state index in [-0.39, 0.29) is 23.3 Å². The van der Waals surface area contributed by atoms with E-state index in [0.29, 0.717) is 58.1 Å². The quantitative estimate of drug-likeness (QED) is 0.377. The van der Waals surface area contributed by atoms with Crippen LogP contribution in [0, 0.1) is 12.7 Å². The second-order valence-electron chi connectivity index (χ2n) is 9.11. The zero-order chi connectivity index (χ0) is 25.6. The van der Waals surface area contributed by atoms with Crippen LogP contribution < -0.4 is 15.4 Å². The Kier molecular flexibility index (Phi) is 6.57. The van der Waals surface area contributed by atoms with Crippen LogP contribution >= 0.6 is 24.0 Å². The molecule has 0 radical (unpaired) electrons. The van der Waals surface area contributed by atoms with Crippen LogP contribution in [0.2, 0.25) is 0 Å². The number of aryl methyl sites for hydroxylation is 1. The van der Waals surface area contributed by atoms with E-state index < -0.39 is 0 Å². The minimum absolute atomic E-state index is 0.0761. The van der Waals surface area contributed by atoms with Crippen LogP contribution in [0.3, 0.4) is 0 Å². The number of carbonyl (C=O) groups excluding carboxylic acids is 1. The predicted molar refractivity (Wildman–Crippen MR) is 147 cm³/mol. The van der Waals surface area contributed by atoms with Gasteiger partial charge in [0.1, 0.15) is 21.6 Å². The maximum Gasteiger partial charge on any atom is 0.267 e. The molecule has 2 fully saturated rings. The van der Waals surface area contributed by atoms with E-state index in [0.717, 1.165) is 5.56 Å². The van der Waals surface area contributed by atoms with Crippen molar-refractivity contribution >= 4 is 57.4 Å². The molecule has 2 aromatic heterocycles. The van der Waals surface area contributed by atoms with Crippen LogP contribution in [0.1, 0.15) is 25.0 Å². The fraction of sp³-hybridized carbons (Fsp3) is 0.308. The Labute approximate surface area is 218 Å². The number of halogens is 1. The van der Waals surface area contributed by atoms with E-state index in [1.165, 1.54) is 22.2 Å². The van der Waals surface area contributed by atoms with Gasteiger partial charge in [-0.3, -0.25) is 18.9 Å². The molecule has 0 aliphatic carbocycles. The summed E-state index contributed by atoms with van der Waals surface area (Å²) in [6.07, 6.45) is 3.32. The van der Waals surface area contributed by atoms with Gasteiger partial charge in [0, 0.05) is 38.4 Å². The van der Waals surface area contributed by atoms with Crippen LogP contribution in [0.5, 0.6) is 0 Å². The van der Waals surface area contributed by atoms with Gasteiger partial charge < -0.3 is 9.80 Å². The van der Waals surface area contributed by atoms with E-state index in [4.69, 9.17) is 17.2 Å². The summed E-state index contributed by atoms with van der Waals surface area (Å²) < 4.78 is 16.3. The van der Waals surface area contributed by atoms with Crippen molar-refractivity contribution in [2.45, 2.75) is 26.8 Å². The third-order valence-corrected chi connectivity index (χ3v) is 7.78. The highest BCUT2D eigenvalue weighted by molar-refractivity contribution is 8.26. The van der Waals surface area contributed by atoms with Crippen molar-refractivity contribution in [2.75, 3.05) is 36.0 Å².